The molecule has 0 bridgehead atoms. The number of anilines is 1. The molecule has 1 aliphatic heterocycles. The largest absolute Gasteiger partial charge is 0.494 e. The van der Waals surface area contributed by atoms with Crippen molar-refractivity contribution in [2.24, 2.45) is 5.92 Å². The molecule has 2 aliphatic carbocycles. The monoisotopic (exact) mass is 594 g/mol. The molecule has 3 fully saturated rings. The van der Waals surface area contributed by atoms with E-state index < -0.39 is 16.1 Å². The Morgan fingerprint density at radius 1 is 1.15 bits per heavy atom. The zero-order valence-electron chi connectivity index (χ0n) is 23.0. The van der Waals surface area contributed by atoms with Crippen LogP contribution in [0.1, 0.15) is 50.1 Å². The quantitative estimate of drug-likeness (QED) is 0.332. The van der Waals surface area contributed by atoms with Crippen molar-refractivity contribution in [3.05, 3.63) is 42.4 Å². The highest BCUT2D eigenvalue weighted by atomic mass is 32.3. The van der Waals surface area contributed by atoms with Crippen LogP contribution < -0.4 is 15.0 Å². The van der Waals surface area contributed by atoms with Gasteiger partial charge in [0, 0.05) is 30.6 Å². The third kappa shape index (κ3) is 5.90. The highest BCUT2D eigenvalue weighted by molar-refractivity contribution is 8.24. The van der Waals surface area contributed by atoms with E-state index in [-0.39, 0.29) is 17.7 Å². The van der Waals surface area contributed by atoms with Crippen LogP contribution in [-0.2, 0) is 4.79 Å². The molecule has 12 heteroatoms. The molecule has 1 saturated heterocycles. The maximum absolute atomic E-state index is 13.5. The van der Waals surface area contributed by atoms with Crippen LogP contribution in [0.3, 0.4) is 0 Å². The Morgan fingerprint density at radius 3 is 2.46 bits per heavy atom. The fraction of sp³-hybridized carbons (Fsp3) is 0.483. The predicted molar refractivity (Wildman–Crippen MR) is 160 cm³/mol. The summed E-state index contributed by atoms with van der Waals surface area (Å²) < 4.78 is 25.2. The Kier molecular flexibility index (Phi) is 7.63. The van der Waals surface area contributed by atoms with Crippen LogP contribution in [0.25, 0.3) is 21.3 Å². The van der Waals surface area contributed by atoms with Crippen molar-refractivity contribution >= 4 is 33.5 Å². The Labute approximate surface area is 245 Å². The zero-order chi connectivity index (χ0) is 28.6. The highest BCUT2D eigenvalue weighted by Crippen LogP contribution is 2.47. The Morgan fingerprint density at radius 2 is 1.83 bits per heavy atom. The van der Waals surface area contributed by atoms with Crippen molar-refractivity contribution in [1.82, 2.24) is 20.3 Å². The van der Waals surface area contributed by atoms with E-state index in [1.165, 1.54) is 11.3 Å². The number of nitrogens with one attached hydrogen (secondary N) is 1. The van der Waals surface area contributed by atoms with Crippen molar-refractivity contribution in [3.8, 4) is 33.1 Å². The second-order valence-electron chi connectivity index (χ2n) is 11.1. The van der Waals surface area contributed by atoms with Crippen LogP contribution in [0, 0.1) is 17.2 Å². The number of carbonyl (C=O) groups is 1. The average molecular weight is 595 g/mol. The van der Waals surface area contributed by atoms with Crippen LogP contribution in [0.5, 0.6) is 5.75 Å². The predicted octanol–water partition coefficient (Wildman–Crippen LogP) is 5.29. The number of benzene rings is 1. The van der Waals surface area contributed by atoms with Crippen LogP contribution in [0.4, 0.5) is 5.69 Å². The maximum atomic E-state index is 13.5. The summed E-state index contributed by atoms with van der Waals surface area (Å²) in [6.07, 6.45) is 8.24. The fourth-order valence-corrected chi connectivity index (χ4v) is 8.04. The van der Waals surface area contributed by atoms with Crippen LogP contribution in [0.15, 0.2) is 36.7 Å². The molecule has 3 N–H and O–H groups in total. The summed E-state index contributed by atoms with van der Waals surface area (Å²) in [5.74, 6) is 1.45. The molecule has 1 aromatic carbocycles. The van der Waals surface area contributed by atoms with Gasteiger partial charge in [-0.3, -0.25) is 13.9 Å². The third-order valence-corrected chi connectivity index (χ3v) is 11.1. The van der Waals surface area contributed by atoms with E-state index in [1.807, 2.05) is 0 Å². The molecular formula is C29H34N6O4S2. The van der Waals surface area contributed by atoms with E-state index in [0.29, 0.717) is 54.0 Å². The number of carbonyl (C=O) groups excluding carboxylic acids is 1. The number of methoxy groups -OCH3 is 1. The Hall–Kier alpha value is -3.24. The first-order valence-electron chi connectivity index (χ1n) is 14.0. The molecule has 10 nitrogen and oxygen atoms in total. The van der Waals surface area contributed by atoms with Gasteiger partial charge >= 0.3 is 0 Å². The fourth-order valence-electron chi connectivity index (χ4n) is 5.72. The maximum Gasteiger partial charge on any atom is 0.225 e. The summed E-state index contributed by atoms with van der Waals surface area (Å²) >= 11 is 1.52. The first-order valence-corrected chi connectivity index (χ1v) is 16.7. The third-order valence-electron chi connectivity index (χ3n) is 8.36. The van der Waals surface area contributed by atoms with Crippen LogP contribution in [0.2, 0.25) is 0 Å². The number of thiazole rings is 1. The number of nitrogens with zero attached hydrogens (tertiary/aromatic N) is 5. The molecular weight excluding hydrogens is 560 g/mol. The van der Waals surface area contributed by atoms with E-state index in [9.17, 15) is 19.2 Å². The first-order chi connectivity index (χ1) is 19.8. The van der Waals surface area contributed by atoms with E-state index in [1.54, 1.807) is 19.5 Å². The normalized spacial score (nSPS) is 23.7. The standard InChI is InChI=1S/C29H34N6O4S2/c1-39-21-16-31-26(32-17-21)28-33-24(22-4-2-3-5-23(22)27(36)34-29(18-30)10-11-29)25(40-28)19-6-8-20(9-7-19)35-12-14-41(37,38)15-13-35/h6-9,16-17,22-23,37-38H,2-5,10-15H2,1H3,(H,34,36)/t22-,23-/m1/s1. The van der Waals surface area contributed by atoms with Crippen molar-refractivity contribution < 1.29 is 18.6 Å². The lowest BCUT2D eigenvalue weighted by Gasteiger charge is -2.41. The molecule has 3 heterocycles. The highest BCUT2D eigenvalue weighted by Gasteiger charge is 2.47. The smallest absolute Gasteiger partial charge is 0.225 e. The number of amides is 1. The molecule has 0 spiro atoms. The van der Waals surface area contributed by atoms with Gasteiger partial charge in [-0.15, -0.1) is 11.3 Å². The molecule has 216 valence electrons. The average Bonchev–Trinajstić information content (AvgIpc) is 3.63. The van der Waals surface area contributed by atoms with Gasteiger partial charge in [0.25, 0.3) is 0 Å². The number of ether oxygens (including phenoxy) is 1. The lowest BCUT2D eigenvalue weighted by molar-refractivity contribution is -0.127. The molecule has 1 amide bonds. The molecule has 2 saturated carbocycles. The van der Waals surface area contributed by atoms with Crippen LogP contribution >= 0.6 is 21.9 Å². The minimum atomic E-state index is -2.46. The molecule has 2 atom stereocenters. The Balaban J connectivity index is 1.34. The van der Waals surface area contributed by atoms with Crippen molar-refractivity contribution in [1.29, 1.82) is 5.26 Å². The van der Waals surface area contributed by atoms with Crippen molar-refractivity contribution in [2.75, 3.05) is 36.6 Å². The lowest BCUT2D eigenvalue weighted by atomic mass is 9.76. The molecule has 0 radical (unpaired) electrons. The SMILES string of the molecule is COc1cnc(-c2nc([C@@H]3CCCC[C@H]3C(=O)NC3(C#N)CC3)c(-c3ccc(N4CCS(O)(O)CC4)cc3)s2)nc1. The van der Waals surface area contributed by atoms with Crippen LogP contribution in [-0.4, -0.2) is 67.2 Å². The number of rotatable bonds is 7. The molecule has 0 unspecified atom stereocenters. The van der Waals surface area contributed by atoms with E-state index in [2.05, 4.69) is 50.5 Å². The number of aromatic nitrogens is 3. The summed E-state index contributed by atoms with van der Waals surface area (Å²) in [5.41, 5.74) is 2.21. The van der Waals surface area contributed by atoms with Gasteiger partial charge in [-0.25, -0.2) is 15.0 Å². The molecule has 3 aliphatic rings. The van der Waals surface area contributed by atoms with E-state index in [0.717, 1.165) is 47.5 Å². The second kappa shape index (κ2) is 11.2. The van der Waals surface area contributed by atoms with Gasteiger partial charge in [-0.05, 0) is 43.4 Å². The number of hydrogen-bond donors (Lipinski definition) is 3. The van der Waals surface area contributed by atoms with E-state index in [4.69, 9.17) is 9.72 Å². The summed E-state index contributed by atoms with van der Waals surface area (Å²) in [6, 6.07) is 10.6. The minimum Gasteiger partial charge on any atom is -0.494 e. The van der Waals surface area contributed by atoms with Gasteiger partial charge < -0.3 is 15.0 Å². The summed E-state index contributed by atoms with van der Waals surface area (Å²) in [6.45, 7) is 1.21. The molecule has 2 aromatic heterocycles. The topological polar surface area (TPSA) is 144 Å². The summed E-state index contributed by atoms with van der Waals surface area (Å²) in [5, 5.41) is 13.3. The molecule has 3 aromatic rings. The van der Waals surface area contributed by atoms with E-state index >= 15 is 0 Å². The zero-order valence-corrected chi connectivity index (χ0v) is 24.6. The lowest BCUT2D eigenvalue weighted by Crippen LogP contribution is -2.42. The molecule has 41 heavy (non-hydrogen) atoms. The number of nitriles is 1. The summed E-state index contributed by atoms with van der Waals surface area (Å²) in [4.78, 5) is 30.7. The van der Waals surface area contributed by atoms with Gasteiger partial charge in [-0.1, -0.05) is 25.0 Å². The van der Waals surface area contributed by atoms with Crippen molar-refractivity contribution in [3.63, 3.8) is 0 Å². The van der Waals surface area contributed by atoms with Gasteiger partial charge in [0.2, 0.25) is 5.91 Å². The van der Waals surface area contributed by atoms with Gasteiger partial charge in [0.15, 0.2) is 16.6 Å². The first kappa shape index (κ1) is 27.9. The Bertz CT molecular complexity index is 1440. The van der Waals surface area contributed by atoms with Gasteiger partial charge in [0.1, 0.15) is 5.54 Å². The molecule has 6 rings (SSSR count). The minimum absolute atomic E-state index is 0.0543. The van der Waals surface area contributed by atoms with Gasteiger partial charge in [0.05, 0.1) is 47.6 Å². The number of hydrogen-bond acceptors (Lipinski definition) is 10. The van der Waals surface area contributed by atoms with Gasteiger partial charge in [-0.2, -0.15) is 15.9 Å². The van der Waals surface area contributed by atoms with Crippen molar-refractivity contribution in [2.45, 2.75) is 50.0 Å². The summed E-state index contributed by atoms with van der Waals surface area (Å²) in [7, 11) is -0.889. The second-order valence-corrected chi connectivity index (χ2v) is 14.5.